The number of halogens is 1. The van der Waals surface area contributed by atoms with Gasteiger partial charge in [0.2, 0.25) is 10.0 Å². The number of carbonyl (C=O) groups is 1. The zero-order chi connectivity index (χ0) is 31.5. The van der Waals surface area contributed by atoms with Gasteiger partial charge in [0.15, 0.2) is 0 Å². The van der Waals surface area contributed by atoms with Gasteiger partial charge < -0.3 is 19.6 Å². The normalized spacial score (nSPS) is 14.8. The highest BCUT2D eigenvalue weighted by atomic mass is 35.5. The molecule has 0 aliphatic carbocycles. The molecule has 0 spiro atoms. The number of non-ortho nitro benzene ring substituents is 1. The second-order valence-corrected chi connectivity index (χ2v) is 13.0. The number of rotatable bonds is 14. The minimum absolute atomic E-state index is 0. The lowest BCUT2D eigenvalue weighted by molar-refractivity contribution is -0.384. The SMILES string of the molecule is CN(C[C@@H](CCN1CCC(N(CCO)C(=O)OCc2ccc([N+](=O)[O-])cc2)CC1)c1ccccc1)S(=O)(=O)c1ccccc1.Cl. The Kier molecular flexibility index (Phi) is 13.8. The molecule has 3 aromatic carbocycles. The van der Waals surface area contributed by atoms with Crippen LogP contribution in [0.2, 0.25) is 0 Å². The van der Waals surface area contributed by atoms with E-state index in [1.165, 1.54) is 16.4 Å². The highest BCUT2D eigenvalue weighted by Gasteiger charge is 2.30. The second-order valence-electron chi connectivity index (χ2n) is 11.0. The van der Waals surface area contributed by atoms with Crippen molar-refractivity contribution in [3.63, 3.8) is 0 Å². The summed E-state index contributed by atoms with van der Waals surface area (Å²) in [6.07, 6.45) is 1.67. The van der Waals surface area contributed by atoms with E-state index in [9.17, 15) is 28.4 Å². The van der Waals surface area contributed by atoms with Crippen molar-refractivity contribution in [2.45, 2.75) is 42.7 Å². The maximum absolute atomic E-state index is 13.2. The van der Waals surface area contributed by atoms with Crippen molar-refractivity contribution in [3.8, 4) is 0 Å². The summed E-state index contributed by atoms with van der Waals surface area (Å²) in [7, 11) is -2.00. The van der Waals surface area contributed by atoms with Crippen molar-refractivity contribution in [1.29, 1.82) is 0 Å². The van der Waals surface area contributed by atoms with Crippen LogP contribution in [0.4, 0.5) is 10.5 Å². The summed E-state index contributed by atoms with van der Waals surface area (Å²) in [6.45, 7) is 2.57. The third-order valence-corrected chi connectivity index (χ3v) is 9.91. The number of hydrogen-bond acceptors (Lipinski definition) is 8. The summed E-state index contributed by atoms with van der Waals surface area (Å²) in [5, 5.41) is 20.5. The van der Waals surface area contributed by atoms with E-state index in [1.54, 1.807) is 54.4 Å². The fourth-order valence-corrected chi connectivity index (χ4v) is 6.77. The highest BCUT2D eigenvalue weighted by molar-refractivity contribution is 7.89. The Bertz CT molecular complexity index is 1460. The number of aliphatic hydroxyl groups is 1. The minimum atomic E-state index is -3.62. The van der Waals surface area contributed by atoms with Crippen molar-refractivity contribution in [2.75, 3.05) is 46.4 Å². The van der Waals surface area contributed by atoms with Gasteiger partial charge in [-0.05, 0) is 67.1 Å². The van der Waals surface area contributed by atoms with Crippen LogP contribution in [-0.4, -0.2) is 91.1 Å². The van der Waals surface area contributed by atoms with Crippen LogP contribution in [0, 0.1) is 10.1 Å². The molecular formula is C32H41ClN4O7S. The second kappa shape index (κ2) is 17.2. The van der Waals surface area contributed by atoms with E-state index in [0.29, 0.717) is 24.9 Å². The van der Waals surface area contributed by atoms with E-state index in [0.717, 1.165) is 31.6 Å². The molecule has 11 nitrogen and oxygen atoms in total. The van der Waals surface area contributed by atoms with Crippen LogP contribution in [0.15, 0.2) is 89.8 Å². The first-order valence-corrected chi connectivity index (χ1v) is 16.2. The lowest BCUT2D eigenvalue weighted by atomic mass is 9.94. The van der Waals surface area contributed by atoms with Crippen molar-refractivity contribution in [3.05, 3.63) is 106 Å². The van der Waals surface area contributed by atoms with Gasteiger partial charge in [0.05, 0.1) is 16.4 Å². The molecule has 0 radical (unpaired) electrons. The number of hydrogen-bond donors (Lipinski definition) is 1. The molecule has 4 rings (SSSR count). The van der Waals surface area contributed by atoms with E-state index in [1.807, 2.05) is 30.3 Å². The zero-order valence-electron chi connectivity index (χ0n) is 25.3. The monoisotopic (exact) mass is 660 g/mol. The lowest BCUT2D eigenvalue weighted by Gasteiger charge is -2.38. The van der Waals surface area contributed by atoms with Crippen molar-refractivity contribution in [2.24, 2.45) is 0 Å². The molecule has 1 aliphatic rings. The van der Waals surface area contributed by atoms with Gasteiger partial charge in [-0.2, -0.15) is 0 Å². The zero-order valence-corrected chi connectivity index (χ0v) is 26.9. The molecule has 45 heavy (non-hydrogen) atoms. The number of nitro groups is 1. The molecule has 0 aromatic heterocycles. The Hall–Kier alpha value is -3.55. The summed E-state index contributed by atoms with van der Waals surface area (Å²) < 4.78 is 33.3. The van der Waals surface area contributed by atoms with Crippen LogP contribution in [0.1, 0.15) is 36.3 Å². The third kappa shape index (κ3) is 9.97. The van der Waals surface area contributed by atoms with Crippen LogP contribution in [0.5, 0.6) is 0 Å². The number of nitro benzene ring substituents is 1. The fourth-order valence-electron chi connectivity index (χ4n) is 5.54. The minimum Gasteiger partial charge on any atom is -0.445 e. The number of carbonyl (C=O) groups excluding carboxylic acids is 1. The third-order valence-electron chi connectivity index (χ3n) is 8.08. The van der Waals surface area contributed by atoms with Gasteiger partial charge in [0, 0.05) is 51.4 Å². The molecule has 1 amide bonds. The summed E-state index contributed by atoms with van der Waals surface area (Å²) in [4.78, 5) is 27.5. The van der Waals surface area contributed by atoms with Crippen LogP contribution in [0.25, 0.3) is 0 Å². The van der Waals surface area contributed by atoms with E-state index in [4.69, 9.17) is 4.74 Å². The lowest BCUT2D eigenvalue weighted by Crippen LogP contribution is -2.48. The molecule has 0 unspecified atom stereocenters. The Balaban J connectivity index is 0.00000552. The van der Waals surface area contributed by atoms with E-state index in [2.05, 4.69) is 4.90 Å². The summed E-state index contributed by atoms with van der Waals surface area (Å²) in [6, 6.07) is 24.2. The summed E-state index contributed by atoms with van der Waals surface area (Å²) in [5.41, 5.74) is 1.69. The van der Waals surface area contributed by atoms with Gasteiger partial charge in [-0.1, -0.05) is 48.5 Å². The molecule has 1 N–H and O–H groups in total. The van der Waals surface area contributed by atoms with E-state index in [-0.39, 0.29) is 54.7 Å². The molecule has 0 saturated carbocycles. The van der Waals surface area contributed by atoms with Gasteiger partial charge in [-0.15, -0.1) is 12.4 Å². The molecule has 13 heteroatoms. The van der Waals surface area contributed by atoms with Crippen molar-refractivity contribution >= 4 is 34.2 Å². The maximum Gasteiger partial charge on any atom is 0.410 e. The topological polar surface area (TPSA) is 134 Å². The van der Waals surface area contributed by atoms with Gasteiger partial charge in [0.25, 0.3) is 5.69 Å². The molecule has 1 heterocycles. The highest BCUT2D eigenvalue weighted by Crippen LogP contribution is 2.26. The molecular weight excluding hydrogens is 620 g/mol. The number of amides is 1. The Labute approximate surface area is 271 Å². The van der Waals surface area contributed by atoms with Gasteiger partial charge in [-0.3, -0.25) is 10.1 Å². The number of nitrogens with zero attached hydrogens (tertiary/aromatic N) is 4. The van der Waals surface area contributed by atoms with Crippen molar-refractivity contribution < 1.29 is 28.0 Å². The van der Waals surface area contributed by atoms with Crippen molar-refractivity contribution in [1.82, 2.24) is 14.1 Å². The first-order chi connectivity index (χ1) is 21.2. The fraction of sp³-hybridized carbons (Fsp3) is 0.406. The first-order valence-electron chi connectivity index (χ1n) is 14.8. The molecule has 3 aromatic rings. The quantitative estimate of drug-likeness (QED) is 0.191. The van der Waals surface area contributed by atoms with E-state index < -0.39 is 21.0 Å². The van der Waals surface area contributed by atoms with Crippen LogP contribution in [-0.2, 0) is 21.4 Å². The van der Waals surface area contributed by atoms with Gasteiger partial charge in [-0.25, -0.2) is 17.5 Å². The number of likely N-dealkylation sites (N-methyl/N-ethyl adjacent to an activating group) is 1. The standard InChI is InChI=1S/C32H40N4O7S.ClH/c1-33(44(41,42)31-10-6-3-7-11-31)24-28(27-8-4-2-5-9-27)16-19-34-20-17-29(18-21-34)35(22-23-37)32(38)43-25-26-12-14-30(15-13-26)36(39)40;/h2-15,28-29,37H,16-25H2,1H3;1H/t28-;/m1./s1. The molecule has 1 saturated heterocycles. The molecule has 1 atom stereocenters. The molecule has 0 bridgehead atoms. The number of aliphatic hydroxyl groups excluding tert-OH is 1. The van der Waals surface area contributed by atoms with Crippen LogP contribution in [0.3, 0.4) is 0 Å². The smallest absolute Gasteiger partial charge is 0.410 e. The Morgan fingerprint density at radius 2 is 1.62 bits per heavy atom. The average Bonchev–Trinajstić information content (AvgIpc) is 3.05. The number of ether oxygens (including phenoxy) is 1. The number of benzene rings is 3. The Morgan fingerprint density at radius 1 is 1.02 bits per heavy atom. The summed E-state index contributed by atoms with van der Waals surface area (Å²) in [5.74, 6) is -0.00213. The summed E-state index contributed by atoms with van der Waals surface area (Å²) >= 11 is 0. The predicted octanol–water partition coefficient (Wildman–Crippen LogP) is 4.91. The number of piperidine rings is 1. The van der Waals surface area contributed by atoms with Crippen LogP contribution < -0.4 is 0 Å². The van der Waals surface area contributed by atoms with Gasteiger partial charge in [0.1, 0.15) is 6.61 Å². The van der Waals surface area contributed by atoms with Crippen LogP contribution >= 0.6 is 12.4 Å². The number of sulfonamides is 1. The Morgan fingerprint density at radius 3 is 2.20 bits per heavy atom. The average molecular weight is 661 g/mol. The predicted molar refractivity (Wildman–Crippen MR) is 174 cm³/mol. The first kappa shape index (κ1) is 35.9. The molecule has 244 valence electrons. The largest absolute Gasteiger partial charge is 0.445 e. The van der Waals surface area contributed by atoms with Gasteiger partial charge >= 0.3 is 6.09 Å². The van der Waals surface area contributed by atoms with E-state index >= 15 is 0 Å². The maximum atomic E-state index is 13.2. The molecule has 1 fully saturated rings. The number of likely N-dealkylation sites (tertiary alicyclic amines) is 1. The molecule has 1 aliphatic heterocycles.